The molecule has 1 aliphatic heterocycles. The van der Waals surface area contributed by atoms with Gasteiger partial charge in [-0.05, 0) is 30.1 Å². The van der Waals surface area contributed by atoms with Crippen molar-refractivity contribution in [2.24, 2.45) is 10.8 Å². The van der Waals surface area contributed by atoms with E-state index in [4.69, 9.17) is 0 Å². The Morgan fingerprint density at radius 2 is 1.67 bits per heavy atom. The molecule has 1 heterocycles. The Labute approximate surface area is 109 Å². The van der Waals surface area contributed by atoms with Crippen LogP contribution in [0, 0.1) is 10.8 Å². The zero-order valence-corrected chi connectivity index (χ0v) is 11.9. The fourth-order valence-electron chi connectivity index (χ4n) is 3.93. The minimum absolute atomic E-state index is 0.148. The minimum atomic E-state index is -0.204. The average molecular weight is 252 g/mol. The van der Waals surface area contributed by atoms with Crippen molar-refractivity contribution >= 4 is 11.9 Å². The highest BCUT2D eigenvalue weighted by molar-refractivity contribution is 5.96. The van der Waals surface area contributed by atoms with Crippen molar-refractivity contribution < 1.29 is 9.59 Å². The maximum Gasteiger partial charge on any atom is 0.324 e. The second kappa shape index (κ2) is 4.25. The molecular formula is C14H24N2O2. The van der Waals surface area contributed by atoms with Crippen molar-refractivity contribution in [1.82, 2.24) is 10.2 Å². The van der Waals surface area contributed by atoms with Crippen LogP contribution in [0.2, 0.25) is 0 Å². The van der Waals surface area contributed by atoms with E-state index in [1.54, 1.807) is 0 Å². The lowest BCUT2D eigenvalue weighted by molar-refractivity contribution is -0.122. The normalized spacial score (nSPS) is 28.1. The average Bonchev–Trinajstić information content (AvgIpc) is 2.11. The molecule has 0 bridgehead atoms. The standard InChI is InChI=1S/C14H24N2O2/c1-13(2)7-10(8-14(3,4)9-13)16-6-5-11(17)15-12(16)18/h10H,5-9H2,1-4H3,(H,15,17,18). The third-order valence-electron chi connectivity index (χ3n) is 4.06. The Morgan fingerprint density at radius 3 is 2.17 bits per heavy atom. The molecule has 0 unspecified atom stereocenters. The van der Waals surface area contributed by atoms with Gasteiger partial charge in [-0.1, -0.05) is 27.7 Å². The fraction of sp³-hybridized carbons (Fsp3) is 0.857. The molecule has 0 atom stereocenters. The molecular weight excluding hydrogens is 228 g/mol. The summed E-state index contributed by atoms with van der Waals surface area (Å²) in [5, 5.41) is 2.43. The first-order valence-electron chi connectivity index (χ1n) is 6.79. The van der Waals surface area contributed by atoms with E-state index in [-0.39, 0.29) is 28.8 Å². The van der Waals surface area contributed by atoms with Crippen LogP contribution in [0.5, 0.6) is 0 Å². The summed E-state index contributed by atoms with van der Waals surface area (Å²) in [6.07, 6.45) is 3.67. The Kier molecular flexibility index (Phi) is 3.16. The molecule has 0 aromatic rings. The van der Waals surface area contributed by atoms with Crippen molar-refractivity contribution in [3.63, 3.8) is 0 Å². The highest BCUT2D eigenvalue weighted by Crippen LogP contribution is 2.47. The van der Waals surface area contributed by atoms with Crippen LogP contribution in [-0.4, -0.2) is 29.4 Å². The lowest BCUT2D eigenvalue weighted by atomic mass is 9.63. The maximum atomic E-state index is 11.9. The predicted molar refractivity (Wildman–Crippen MR) is 70.1 cm³/mol. The van der Waals surface area contributed by atoms with Crippen LogP contribution in [0.1, 0.15) is 53.4 Å². The largest absolute Gasteiger partial charge is 0.324 e. The molecule has 3 amide bonds. The number of carbonyl (C=O) groups excluding carboxylic acids is 2. The fourth-order valence-corrected chi connectivity index (χ4v) is 3.93. The molecule has 0 aromatic carbocycles. The van der Waals surface area contributed by atoms with E-state index in [0.717, 1.165) is 12.8 Å². The molecule has 2 aliphatic rings. The van der Waals surface area contributed by atoms with Crippen molar-refractivity contribution in [1.29, 1.82) is 0 Å². The first kappa shape index (κ1) is 13.4. The van der Waals surface area contributed by atoms with Crippen LogP contribution < -0.4 is 5.32 Å². The first-order valence-corrected chi connectivity index (χ1v) is 6.79. The van der Waals surface area contributed by atoms with Gasteiger partial charge < -0.3 is 4.90 Å². The van der Waals surface area contributed by atoms with Crippen molar-refractivity contribution in [3.8, 4) is 0 Å². The van der Waals surface area contributed by atoms with E-state index >= 15 is 0 Å². The summed E-state index contributed by atoms with van der Waals surface area (Å²) in [5.74, 6) is -0.148. The van der Waals surface area contributed by atoms with E-state index in [9.17, 15) is 9.59 Å². The Morgan fingerprint density at radius 1 is 1.11 bits per heavy atom. The van der Waals surface area contributed by atoms with Gasteiger partial charge >= 0.3 is 6.03 Å². The van der Waals surface area contributed by atoms with Gasteiger partial charge in [0.1, 0.15) is 0 Å². The van der Waals surface area contributed by atoms with Gasteiger partial charge in [-0.25, -0.2) is 4.79 Å². The zero-order chi connectivity index (χ0) is 13.6. The maximum absolute atomic E-state index is 11.9. The van der Waals surface area contributed by atoms with Crippen molar-refractivity contribution in [3.05, 3.63) is 0 Å². The number of imide groups is 1. The predicted octanol–water partition coefficient (Wildman–Crippen LogP) is 2.53. The molecule has 18 heavy (non-hydrogen) atoms. The van der Waals surface area contributed by atoms with Crippen LogP contribution in [0.3, 0.4) is 0 Å². The number of amides is 3. The first-order chi connectivity index (χ1) is 8.19. The van der Waals surface area contributed by atoms with Gasteiger partial charge in [0.2, 0.25) is 5.91 Å². The molecule has 2 rings (SSSR count). The molecule has 2 fully saturated rings. The number of nitrogens with one attached hydrogen (secondary N) is 1. The molecule has 0 radical (unpaired) electrons. The zero-order valence-electron chi connectivity index (χ0n) is 11.9. The summed E-state index contributed by atoms with van der Waals surface area (Å²) >= 11 is 0. The highest BCUT2D eigenvalue weighted by atomic mass is 16.2. The quantitative estimate of drug-likeness (QED) is 0.779. The van der Waals surface area contributed by atoms with Crippen LogP contribution in [-0.2, 0) is 4.79 Å². The van der Waals surface area contributed by atoms with Crippen LogP contribution >= 0.6 is 0 Å². The molecule has 4 nitrogen and oxygen atoms in total. The van der Waals surface area contributed by atoms with Gasteiger partial charge in [-0.15, -0.1) is 0 Å². The van der Waals surface area contributed by atoms with Gasteiger partial charge in [0.05, 0.1) is 0 Å². The van der Waals surface area contributed by atoms with Gasteiger partial charge in [0.15, 0.2) is 0 Å². The minimum Gasteiger partial charge on any atom is -0.321 e. The van der Waals surface area contributed by atoms with Gasteiger partial charge in [-0.3, -0.25) is 10.1 Å². The molecule has 1 aliphatic carbocycles. The second-order valence-electron chi connectivity index (χ2n) is 7.36. The number of hydrogen-bond acceptors (Lipinski definition) is 2. The summed E-state index contributed by atoms with van der Waals surface area (Å²) in [6.45, 7) is 9.66. The number of rotatable bonds is 1. The summed E-state index contributed by atoms with van der Waals surface area (Å²) < 4.78 is 0. The summed E-state index contributed by atoms with van der Waals surface area (Å²) in [5.41, 5.74) is 0.516. The summed E-state index contributed by atoms with van der Waals surface area (Å²) in [7, 11) is 0. The molecule has 0 spiro atoms. The molecule has 102 valence electrons. The topological polar surface area (TPSA) is 49.4 Å². The van der Waals surface area contributed by atoms with Gasteiger partial charge in [0, 0.05) is 19.0 Å². The van der Waals surface area contributed by atoms with E-state index in [0.29, 0.717) is 13.0 Å². The number of carbonyl (C=O) groups is 2. The third-order valence-corrected chi connectivity index (χ3v) is 4.06. The molecule has 1 saturated carbocycles. The van der Waals surface area contributed by atoms with Gasteiger partial charge in [-0.2, -0.15) is 0 Å². The molecule has 1 N–H and O–H groups in total. The Bertz CT molecular complexity index is 358. The van der Waals surface area contributed by atoms with E-state index in [1.807, 2.05) is 4.90 Å². The van der Waals surface area contributed by atoms with Crippen LogP contribution in [0.15, 0.2) is 0 Å². The molecule has 4 heteroatoms. The monoisotopic (exact) mass is 252 g/mol. The number of hydrogen-bond donors (Lipinski definition) is 1. The van der Waals surface area contributed by atoms with Crippen molar-refractivity contribution in [2.75, 3.05) is 6.54 Å². The van der Waals surface area contributed by atoms with E-state index in [1.165, 1.54) is 6.42 Å². The smallest absolute Gasteiger partial charge is 0.321 e. The van der Waals surface area contributed by atoms with Crippen LogP contribution in [0.4, 0.5) is 4.79 Å². The lowest BCUT2D eigenvalue weighted by Gasteiger charge is -2.49. The second-order valence-corrected chi connectivity index (χ2v) is 7.36. The summed E-state index contributed by atoms with van der Waals surface area (Å²) in [4.78, 5) is 25.0. The number of urea groups is 1. The number of nitrogens with zero attached hydrogens (tertiary/aromatic N) is 1. The molecule has 1 saturated heterocycles. The Balaban J connectivity index is 2.13. The molecule has 0 aromatic heterocycles. The lowest BCUT2D eigenvalue weighted by Crippen LogP contribution is -2.56. The Hall–Kier alpha value is -1.06. The van der Waals surface area contributed by atoms with E-state index < -0.39 is 0 Å². The van der Waals surface area contributed by atoms with Crippen molar-refractivity contribution in [2.45, 2.75) is 59.4 Å². The van der Waals surface area contributed by atoms with Crippen LogP contribution in [0.25, 0.3) is 0 Å². The SMILES string of the molecule is CC1(C)CC(N2CCC(=O)NC2=O)CC(C)(C)C1. The highest BCUT2D eigenvalue weighted by Gasteiger charge is 2.42. The van der Waals surface area contributed by atoms with Gasteiger partial charge in [0.25, 0.3) is 0 Å². The van der Waals surface area contributed by atoms with E-state index in [2.05, 4.69) is 33.0 Å². The third kappa shape index (κ3) is 2.85. The summed E-state index contributed by atoms with van der Waals surface area (Å²) in [6, 6.07) is 0.0570.